The van der Waals surface area contributed by atoms with Crippen LogP contribution in [0.25, 0.3) is 22.2 Å². The molecular weight excluding hydrogens is 328 g/mol. The number of carbonyl (C=O) groups is 1. The van der Waals surface area contributed by atoms with Crippen molar-refractivity contribution < 1.29 is 9.53 Å². The fraction of sp³-hybridized carbons (Fsp3) is 0.350. The van der Waals surface area contributed by atoms with E-state index in [1.165, 1.54) is 0 Å². The molecule has 1 amide bonds. The number of nitrogens with one attached hydrogen (secondary N) is 1. The van der Waals surface area contributed by atoms with Gasteiger partial charge in [0.15, 0.2) is 0 Å². The second-order valence-corrected chi connectivity index (χ2v) is 6.13. The number of aryl methyl sites for hydroxylation is 1. The van der Waals surface area contributed by atoms with Crippen LogP contribution >= 0.6 is 0 Å². The van der Waals surface area contributed by atoms with E-state index in [-0.39, 0.29) is 5.91 Å². The standard InChI is InChI=1S/C20H24N4O2/c1-4-24-14(2)17(13-22-24)19-12-16(20(25)21-10-7-11-26-3)15-8-5-6-9-18(15)23-19/h5-6,8-9,12-13H,4,7,10-11H2,1-3H3,(H,21,25). The molecule has 0 saturated heterocycles. The minimum Gasteiger partial charge on any atom is -0.385 e. The number of fused-ring (bicyclic) bond motifs is 1. The molecule has 0 fully saturated rings. The maximum absolute atomic E-state index is 12.8. The maximum atomic E-state index is 12.8. The highest BCUT2D eigenvalue weighted by Gasteiger charge is 2.16. The third-order valence-corrected chi connectivity index (χ3v) is 4.45. The zero-order valence-corrected chi connectivity index (χ0v) is 15.5. The molecule has 136 valence electrons. The Balaban J connectivity index is 2.01. The summed E-state index contributed by atoms with van der Waals surface area (Å²) in [6.45, 7) is 6.07. The van der Waals surface area contributed by atoms with Crippen LogP contribution in [0.1, 0.15) is 29.4 Å². The molecule has 0 aliphatic carbocycles. The summed E-state index contributed by atoms with van der Waals surface area (Å²) >= 11 is 0. The number of pyridine rings is 1. The van der Waals surface area contributed by atoms with E-state index in [0.29, 0.717) is 18.7 Å². The van der Waals surface area contributed by atoms with Gasteiger partial charge >= 0.3 is 0 Å². The molecule has 3 aromatic rings. The molecule has 1 aromatic carbocycles. The average Bonchev–Trinajstić information content (AvgIpc) is 3.04. The van der Waals surface area contributed by atoms with Gasteiger partial charge in [-0.25, -0.2) is 4.98 Å². The number of carbonyl (C=O) groups excluding carboxylic acids is 1. The van der Waals surface area contributed by atoms with Crippen LogP contribution in [-0.4, -0.2) is 40.9 Å². The molecule has 3 rings (SSSR count). The van der Waals surface area contributed by atoms with Crippen molar-refractivity contribution in [1.29, 1.82) is 0 Å². The first kappa shape index (κ1) is 18.1. The highest BCUT2D eigenvalue weighted by Crippen LogP contribution is 2.27. The van der Waals surface area contributed by atoms with Gasteiger partial charge in [-0.15, -0.1) is 0 Å². The minimum atomic E-state index is -0.0958. The lowest BCUT2D eigenvalue weighted by atomic mass is 10.0. The van der Waals surface area contributed by atoms with Gasteiger partial charge in [0, 0.05) is 43.4 Å². The number of hydrogen-bond acceptors (Lipinski definition) is 4. The van der Waals surface area contributed by atoms with Crippen LogP contribution in [-0.2, 0) is 11.3 Å². The largest absolute Gasteiger partial charge is 0.385 e. The Hall–Kier alpha value is -2.73. The Bertz CT molecular complexity index is 917. The molecule has 0 spiro atoms. The quantitative estimate of drug-likeness (QED) is 0.663. The first-order chi connectivity index (χ1) is 12.7. The van der Waals surface area contributed by atoms with E-state index in [1.807, 2.05) is 48.1 Å². The monoisotopic (exact) mass is 352 g/mol. The van der Waals surface area contributed by atoms with Crippen LogP contribution < -0.4 is 5.32 Å². The number of para-hydroxylation sites is 1. The Morgan fingerprint density at radius 3 is 2.85 bits per heavy atom. The fourth-order valence-electron chi connectivity index (χ4n) is 3.03. The number of aromatic nitrogens is 3. The van der Waals surface area contributed by atoms with Crippen LogP contribution in [0.3, 0.4) is 0 Å². The number of rotatable bonds is 7. The smallest absolute Gasteiger partial charge is 0.252 e. The minimum absolute atomic E-state index is 0.0958. The molecule has 6 heteroatoms. The molecule has 26 heavy (non-hydrogen) atoms. The van der Waals surface area contributed by atoms with Crippen LogP contribution in [0.4, 0.5) is 0 Å². The highest BCUT2D eigenvalue weighted by atomic mass is 16.5. The van der Waals surface area contributed by atoms with Gasteiger partial charge in [-0.1, -0.05) is 18.2 Å². The summed E-state index contributed by atoms with van der Waals surface area (Å²) in [6.07, 6.45) is 2.59. The summed E-state index contributed by atoms with van der Waals surface area (Å²) in [6, 6.07) is 9.57. The summed E-state index contributed by atoms with van der Waals surface area (Å²) in [5.74, 6) is -0.0958. The lowest BCUT2D eigenvalue weighted by Gasteiger charge is -2.10. The molecule has 0 unspecified atom stereocenters. The molecular formula is C20H24N4O2. The van der Waals surface area contributed by atoms with E-state index < -0.39 is 0 Å². The molecule has 1 N–H and O–H groups in total. The average molecular weight is 352 g/mol. The predicted octanol–water partition coefficient (Wildman–Crippen LogP) is 3.19. The number of amides is 1. The summed E-state index contributed by atoms with van der Waals surface area (Å²) in [5, 5.41) is 8.21. The Morgan fingerprint density at radius 1 is 1.31 bits per heavy atom. The van der Waals surface area contributed by atoms with E-state index in [1.54, 1.807) is 7.11 Å². The molecule has 0 radical (unpaired) electrons. The second kappa shape index (κ2) is 8.10. The lowest BCUT2D eigenvalue weighted by molar-refractivity contribution is 0.0950. The zero-order chi connectivity index (χ0) is 18.5. The van der Waals surface area contributed by atoms with Crippen molar-refractivity contribution in [2.75, 3.05) is 20.3 Å². The Kier molecular flexibility index (Phi) is 5.63. The van der Waals surface area contributed by atoms with Gasteiger partial charge in [0.2, 0.25) is 0 Å². The summed E-state index contributed by atoms with van der Waals surface area (Å²) < 4.78 is 6.96. The van der Waals surface area contributed by atoms with Crippen LogP contribution in [0, 0.1) is 6.92 Å². The van der Waals surface area contributed by atoms with Crippen molar-refractivity contribution in [2.45, 2.75) is 26.8 Å². The third-order valence-electron chi connectivity index (χ3n) is 4.45. The molecule has 2 heterocycles. The number of ether oxygens (including phenoxy) is 1. The first-order valence-corrected chi connectivity index (χ1v) is 8.85. The van der Waals surface area contributed by atoms with Gasteiger partial charge in [0.05, 0.1) is 23.0 Å². The fourth-order valence-corrected chi connectivity index (χ4v) is 3.03. The molecule has 6 nitrogen and oxygen atoms in total. The molecule has 2 aromatic heterocycles. The van der Waals surface area contributed by atoms with Gasteiger partial charge in [-0.05, 0) is 32.4 Å². The first-order valence-electron chi connectivity index (χ1n) is 8.85. The van der Waals surface area contributed by atoms with E-state index in [2.05, 4.69) is 17.3 Å². The van der Waals surface area contributed by atoms with E-state index in [9.17, 15) is 4.79 Å². The Labute approximate surface area is 153 Å². The van der Waals surface area contributed by atoms with Crippen LogP contribution in [0.5, 0.6) is 0 Å². The third kappa shape index (κ3) is 3.60. The van der Waals surface area contributed by atoms with Crippen LogP contribution in [0.2, 0.25) is 0 Å². The number of methoxy groups -OCH3 is 1. The van der Waals surface area contributed by atoms with Gasteiger partial charge in [-0.2, -0.15) is 5.10 Å². The molecule has 0 bridgehead atoms. The zero-order valence-electron chi connectivity index (χ0n) is 15.5. The SMILES string of the molecule is CCn1ncc(-c2cc(C(=O)NCCCOC)c3ccccc3n2)c1C. The highest BCUT2D eigenvalue weighted by molar-refractivity contribution is 6.07. The van der Waals surface area contributed by atoms with Crippen molar-refractivity contribution in [3.8, 4) is 11.3 Å². The summed E-state index contributed by atoms with van der Waals surface area (Å²) in [5.41, 5.74) is 4.19. The van der Waals surface area contributed by atoms with Gasteiger partial charge in [0.25, 0.3) is 5.91 Å². The molecule has 0 aliphatic rings. The van der Waals surface area contributed by atoms with Crippen molar-refractivity contribution in [2.24, 2.45) is 0 Å². The lowest BCUT2D eigenvalue weighted by Crippen LogP contribution is -2.25. The van der Waals surface area contributed by atoms with E-state index in [4.69, 9.17) is 9.72 Å². The van der Waals surface area contributed by atoms with Crippen molar-refractivity contribution in [1.82, 2.24) is 20.1 Å². The predicted molar refractivity (Wildman–Crippen MR) is 102 cm³/mol. The molecule has 0 atom stereocenters. The second-order valence-electron chi connectivity index (χ2n) is 6.13. The van der Waals surface area contributed by atoms with Crippen LogP contribution in [0.15, 0.2) is 36.5 Å². The normalized spacial score (nSPS) is 11.0. The van der Waals surface area contributed by atoms with E-state index in [0.717, 1.165) is 40.8 Å². The van der Waals surface area contributed by atoms with Crippen molar-refractivity contribution >= 4 is 16.8 Å². The van der Waals surface area contributed by atoms with Crippen molar-refractivity contribution in [3.05, 3.63) is 47.8 Å². The van der Waals surface area contributed by atoms with Gasteiger partial charge in [-0.3, -0.25) is 9.48 Å². The number of nitrogens with zero attached hydrogens (tertiary/aromatic N) is 3. The summed E-state index contributed by atoms with van der Waals surface area (Å²) in [7, 11) is 1.66. The number of benzene rings is 1. The topological polar surface area (TPSA) is 69.0 Å². The number of hydrogen-bond donors (Lipinski definition) is 1. The Morgan fingerprint density at radius 2 is 2.12 bits per heavy atom. The maximum Gasteiger partial charge on any atom is 0.252 e. The molecule has 0 saturated carbocycles. The van der Waals surface area contributed by atoms with Crippen molar-refractivity contribution in [3.63, 3.8) is 0 Å². The van der Waals surface area contributed by atoms with Gasteiger partial charge < -0.3 is 10.1 Å². The van der Waals surface area contributed by atoms with E-state index >= 15 is 0 Å². The van der Waals surface area contributed by atoms with Gasteiger partial charge in [0.1, 0.15) is 0 Å². The summed E-state index contributed by atoms with van der Waals surface area (Å²) in [4.78, 5) is 17.5. The molecule has 0 aliphatic heterocycles.